The number of hydrogen-bond donors (Lipinski definition) is 4. The first-order valence-electron chi connectivity index (χ1n) is 9.80. The van der Waals surface area contributed by atoms with Gasteiger partial charge in [0.1, 0.15) is 10.8 Å². The summed E-state index contributed by atoms with van der Waals surface area (Å²) in [4.78, 5) is 46.9. The van der Waals surface area contributed by atoms with Gasteiger partial charge in [0.25, 0.3) is 0 Å². The average Bonchev–Trinajstić information content (AvgIpc) is 3.11. The van der Waals surface area contributed by atoms with Gasteiger partial charge in [0.2, 0.25) is 5.91 Å². The van der Waals surface area contributed by atoms with E-state index in [2.05, 4.69) is 10.6 Å². The second kappa shape index (κ2) is 10.2. The lowest BCUT2D eigenvalue weighted by Crippen LogP contribution is -2.37. The molecule has 1 aliphatic rings. The lowest BCUT2D eigenvalue weighted by molar-refractivity contribution is -0.147. The van der Waals surface area contributed by atoms with Crippen LogP contribution in [0.5, 0.6) is 5.75 Å². The molecule has 2 heterocycles. The fraction of sp³-hybridized carbons (Fsp3) is 0.333. The SMILES string of the molecule is CCOc1ccc(CC(=O)NCC2Cc3c(sc(NC(=O)C(=O)O)c3C(=O)O)CO2)cc1. The van der Waals surface area contributed by atoms with Crippen molar-refractivity contribution in [1.82, 2.24) is 5.32 Å². The number of carboxylic acids is 2. The topological polar surface area (TPSA) is 151 Å². The van der Waals surface area contributed by atoms with Gasteiger partial charge in [-0.15, -0.1) is 11.3 Å². The van der Waals surface area contributed by atoms with E-state index in [0.29, 0.717) is 17.0 Å². The predicted octanol–water partition coefficient (Wildman–Crippen LogP) is 1.67. The average molecular weight is 462 g/mol. The second-order valence-electron chi connectivity index (χ2n) is 6.97. The Hall–Kier alpha value is -3.44. The molecule has 1 atom stereocenters. The number of thiophene rings is 1. The molecule has 10 nitrogen and oxygen atoms in total. The molecule has 0 aliphatic carbocycles. The van der Waals surface area contributed by atoms with Crippen molar-refractivity contribution >= 4 is 40.1 Å². The first-order valence-corrected chi connectivity index (χ1v) is 10.6. The lowest BCUT2D eigenvalue weighted by Gasteiger charge is -2.23. The van der Waals surface area contributed by atoms with E-state index in [0.717, 1.165) is 22.6 Å². The number of carboxylic acid groups (broad SMARTS) is 2. The number of nitrogens with one attached hydrogen (secondary N) is 2. The van der Waals surface area contributed by atoms with Crippen LogP contribution in [-0.2, 0) is 38.6 Å². The molecule has 1 aliphatic heterocycles. The quantitative estimate of drug-likeness (QED) is 0.433. The summed E-state index contributed by atoms with van der Waals surface area (Å²) in [5, 5.41) is 23.2. The van der Waals surface area contributed by atoms with Crippen LogP contribution in [0.2, 0.25) is 0 Å². The number of aliphatic carboxylic acids is 1. The standard InChI is InChI=1S/C21H22N2O8S/c1-2-30-12-5-3-11(4-6-12)7-16(24)22-9-13-8-14-15(10-31-13)32-19(17(14)20(26)27)23-18(25)21(28)29/h3-6,13H,2,7-10H2,1H3,(H,22,24)(H,23,25)(H,26,27)(H,28,29). The lowest BCUT2D eigenvalue weighted by atomic mass is 10.0. The van der Waals surface area contributed by atoms with Gasteiger partial charge < -0.3 is 30.3 Å². The third kappa shape index (κ3) is 5.62. The van der Waals surface area contributed by atoms with Crippen molar-refractivity contribution in [1.29, 1.82) is 0 Å². The van der Waals surface area contributed by atoms with E-state index in [1.165, 1.54) is 0 Å². The molecule has 2 amide bonds. The van der Waals surface area contributed by atoms with Crippen LogP contribution in [0.15, 0.2) is 24.3 Å². The van der Waals surface area contributed by atoms with Crippen LogP contribution in [-0.4, -0.2) is 53.2 Å². The van der Waals surface area contributed by atoms with Crippen molar-refractivity contribution in [3.8, 4) is 5.75 Å². The van der Waals surface area contributed by atoms with Crippen molar-refractivity contribution in [2.75, 3.05) is 18.5 Å². The van der Waals surface area contributed by atoms with Crippen LogP contribution in [0.25, 0.3) is 0 Å². The number of benzene rings is 1. The van der Waals surface area contributed by atoms with Crippen LogP contribution in [0, 0.1) is 0 Å². The van der Waals surface area contributed by atoms with Gasteiger partial charge in [0.15, 0.2) is 0 Å². The molecule has 1 unspecified atom stereocenters. The largest absolute Gasteiger partial charge is 0.494 e. The molecule has 0 radical (unpaired) electrons. The van der Waals surface area contributed by atoms with Crippen molar-refractivity contribution in [3.05, 3.63) is 45.8 Å². The van der Waals surface area contributed by atoms with Gasteiger partial charge >= 0.3 is 17.8 Å². The Labute approximate surface area is 187 Å². The normalized spacial score (nSPS) is 14.8. The van der Waals surface area contributed by atoms with Crippen molar-refractivity contribution in [2.24, 2.45) is 0 Å². The molecule has 1 aromatic heterocycles. The summed E-state index contributed by atoms with van der Waals surface area (Å²) in [5.74, 6) is -3.78. The van der Waals surface area contributed by atoms with Gasteiger partial charge in [-0.05, 0) is 30.2 Å². The van der Waals surface area contributed by atoms with Gasteiger partial charge in [0, 0.05) is 17.8 Å². The minimum atomic E-state index is -1.71. The van der Waals surface area contributed by atoms with E-state index in [4.69, 9.17) is 14.6 Å². The summed E-state index contributed by atoms with van der Waals surface area (Å²) in [6.07, 6.45) is -0.0728. The second-order valence-corrected chi connectivity index (χ2v) is 8.07. The maximum atomic E-state index is 12.3. The number of rotatable bonds is 8. The molecule has 32 heavy (non-hydrogen) atoms. The first-order chi connectivity index (χ1) is 15.3. The summed E-state index contributed by atoms with van der Waals surface area (Å²) < 4.78 is 11.1. The minimum absolute atomic E-state index is 0.0429. The van der Waals surface area contributed by atoms with Gasteiger partial charge in [-0.3, -0.25) is 9.59 Å². The summed E-state index contributed by atoms with van der Waals surface area (Å²) in [6.45, 7) is 2.73. The van der Waals surface area contributed by atoms with E-state index < -0.39 is 23.9 Å². The van der Waals surface area contributed by atoms with E-state index in [9.17, 15) is 24.3 Å². The molecular formula is C21H22N2O8S. The summed E-state index contributed by atoms with van der Waals surface area (Å²) in [5.41, 5.74) is 1.15. The number of hydrogen-bond acceptors (Lipinski definition) is 7. The summed E-state index contributed by atoms with van der Waals surface area (Å²) in [6, 6.07) is 7.21. The molecule has 0 saturated heterocycles. The predicted molar refractivity (Wildman–Crippen MR) is 114 cm³/mol. The highest BCUT2D eigenvalue weighted by molar-refractivity contribution is 7.17. The molecule has 1 aromatic carbocycles. The molecule has 2 aromatic rings. The number of carbonyl (C=O) groups is 4. The molecule has 0 spiro atoms. The minimum Gasteiger partial charge on any atom is -0.494 e. The molecule has 0 saturated carbocycles. The van der Waals surface area contributed by atoms with Crippen LogP contribution in [0.1, 0.15) is 33.3 Å². The molecule has 0 fully saturated rings. The summed E-state index contributed by atoms with van der Waals surface area (Å²) in [7, 11) is 0. The fourth-order valence-electron chi connectivity index (χ4n) is 3.27. The number of carbonyl (C=O) groups excluding carboxylic acids is 2. The zero-order valence-corrected chi connectivity index (χ0v) is 18.0. The Kier molecular flexibility index (Phi) is 7.44. The van der Waals surface area contributed by atoms with Crippen molar-refractivity contribution in [3.63, 3.8) is 0 Å². The molecule has 4 N–H and O–H groups in total. The van der Waals surface area contributed by atoms with Crippen LogP contribution in [0.3, 0.4) is 0 Å². The van der Waals surface area contributed by atoms with E-state index in [1.54, 1.807) is 12.1 Å². The first kappa shape index (κ1) is 23.2. The van der Waals surface area contributed by atoms with Crippen LogP contribution >= 0.6 is 11.3 Å². The Morgan fingerprint density at radius 2 is 1.91 bits per heavy atom. The Morgan fingerprint density at radius 3 is 2.53 bits per heavy atom. The Bertz CT molecular complexity index is 1030. The smallest absolute Gasteiger partial charge is 0.394 e. The third-order valence-corrected chi connectivity index (χ3v) is 5.85. The number of ether oxygens (including phenoxy) is 2. The number of anilines is 1. The van der Waals surface area contributed by atoms with E-state index in [-0.39, 0.29) is 42.5 Å². The maximum Gasteiger partial charge on any atom is 0.394 e. The van der Waals surface area contributed by atoms with Gasteiger partial charge in [-0.1, -0.05) is 12.1 Å². The fourth-order valence-corrected chi connectivity index (χ4v) is 4.41. The number of fused-ring (bicyclic) bond motifs is 1. The van der Waals surface area contributed by atoms with Crippen molar-refractivity contribution in [2.45, 2.75) is 32.5 Å². The summed E-state index contributed by atoms with van der Waals surface area (Å²) >= 11 is 0.970. The van der Waals surface area contributed by atoms with E-state index >= 15 is 0 Å². The van der Waals surface area contributed by atoms with Crippen LogP contribution in [0.4, 0.5) is 5.00 Å². The molecule has 11 heteroatoms. The zero-order chi connectivity index (χ0) is 23.3. The third-order valence-electron chi connectivity index (χ3n) is 4.73. The highest BCUT2D eigenvalue weighted by atomic mass is 32.1. The Morgan fingerprint density at radius 1 is 1.19 bits per heavy atom. The maximum absolute atomic E-state index is 12.3. The van der Waals surface area contributed by atoms with Crippen LogP contribution < -0.4 is 15.4 Å². The van der Waals surface area contributed by atoms with E-state index in [1.807, 2.05) is 19.1 Å². The number of amides is 2. The van der Waals surface area contributed by atoms with Gasteiger partial charge in [0.05, 0.1) is 31.3 Å². The number of aromatic carboxylic acids is 1. The molecule has 170 valence electrons. The molecule has 3 rings (SSSR count). The monoisotopic (exact) mass is 462 g/mol. The molecule has 0 bridgehead atoms. The highest BCUT2D eigenvalue weighted by Gasteiger charge is 2.31. The zero-order valence-electron chi connectivity index (χ0n) is 17.2. The highest BCUT2D eigenvalue weighted by Crippen LogP contribution is 2.37. The van der Waals surface area contributed by atoms with Gasteiger partial charge in [-0.25, -0.2) is 9.59 Å². The van der Waals surface area contributed by atoms with Crippen molar-refractivity contribution < 1.29 is 38.9 Å². The molecular weight excluding hydrogens is 440 g/mol. The van der Waals surface area contributed by atoms with Gasteiger partial charge in [-0.2, -0.15) is 0 Å². The Balaban J connectivity index is 1.60.